The number of imidazole rings is 1. The fraction of sp³-hybridized carbons (Fsp3) is 0.118. The van der Waals surface area contributed by atoms with E-state index in [9.17, 15) is 18.0 Å². The van der Waals surface area contributed by atoms with Gasteiger partial charge in [-0.3, -0.25) is 14.3 Å². The van der Waals surface area contributed by atoms with Crippen molar-refractivity contribution in [3.63, 3.8) is 0 Å². The summed E-state index contributed by atoms with van der Waals surface area (Å²) in [6.07, 6.45) is -1.68. The van der Waals surface area contributed by atoms with Crippen LogP contribution >= 0.6 is 11.3 Å². The molecule has 0 atom stereocenters. The third-order valence-electron chi connectivity index (χ3n) is 3.94. The van der Waals surface area contributed by atoms with E-state index < -0.39 is 11.9 Å². The van der Waals surface area contributed by atoms with Crippen molar-refractivity contribution in [2.75, 3.05) is 5.32 Å². The Bertz CT molecular complexity index is 1080. The number of alkyl halides is 3. The van der Waals surface area contributed by atoms with Crippen molar-refractivity contribution in [3.8, 4) is 11.3 Å². The van der Waals surface area contributed by atoms with Gasteiger partial charge in [0.25, 0.3) is 0 Å². The fourth-order valence-corrected chi connectivity index (χ4v) is 3.60. The van der Waals surface area contributed by atoms with Crippen molar-refractivity contribution >= 4 is 27.9 Å². The van der Waals surface area contributed by atoms with Gasteiger partial charge in [-0.05, 0) is 17.2 Å². The van der Waals surface area contributed by atoms with Crippen LogP contribution in [-0.2, 0) is 17.4 Å². The van der Waals surface area contributed by atoms with Gasteiger partial charge >= 0.3 is 6.18 Å². The van der Waals surface area contributed by atoms with Crippen molar-refractivity contribution in [1.29, 1.82) is 0 Å². The number of rotatable bonds is 4. The van der Waals surface area contributed by atoms with Crippen LogP contribution in [0.2, 0.25) is 0 Å². The zero-order valence-corrected chi connectivity index (χ0v) is 14.4. The molecule has 0 saturated heterocycles. The maximum atomic E-state index is 12.9. The fourth-order valence-electron chi connectivity index (χ4n) is 2.66. The monoisotopic (exact) mass is 391 g/mol. The molecule has 1 aromatic carbocycles. The average Bonchev–Trinajstić information content (AvgIpc) is 3.33. The molecule has 0 aliphatic carbocycles. The Morgan fingerprint density at radius 1 is 1.22 bits per heavy atom. The van der Waals surface area contributed by atoms with Crippen molar-refractivity contribution in [1.82, 2.24) is 19.6 Å². The van der Waals surface area contributed by atoms with Gasteiger partial charge in [0.15, 0.2) is 5.82 Å². The number of thiazole rings is 1. The molecule has 0 spiro atoms. The summed E-state index contributed by atoms with van der Waals surface area (Å²) in [6, 6.07) is 9.18. The number of nitrogens with one attached hydrogen (secondary N) is 2. The van der Waals surface area contributed by atoms with E-state index in [1.807, 2.05) is 30.3 Å². The highest BCUT2D eigenvalue weighted by Crippen LogP contribution is 2.34. The van der Waals surface area contributed by atoms with Gasteiger partial charge in [-0.2, -0.15) is 18.3 Å². The smallest absolute Gasteiger partial charge is 0.308 e. The number of carbonyl (C=O) groups is 1. The van der Waals surface area contributed by atoms with E-state index in [2.05, 4.69) is 20.5 Å². The van der Waals surface area contributed by atoms with Crippen LogP contribution in [0.4, 0.5) is 19.0 Å². The molecule has 0 fully saturated rings. The summed E-state index contributed by atoms with van der Waals surface area (Å²) in [7, 11) is 0. The summed E-state index contributed by atoms with van der Waals surface area (Å²) in [4.78, 5) is 16.4. The number of amides is 1. The van der Waals surface area contributed by atoms with Crippen LogP contribution in [0.5, 0.6) is 0 Å². The highest BCUT2D eigenvalue weighted by Gasteiger charge is 2.35. The molecular formula is C17H12F3N5OS. The third kappa shape index (κ3) is 3.43. The molecule has 0 saturated carbocycles. The predicted molar refractivity (Wildman–Crippen MR) is 94.4 cm³/mol. The molecule has 4 aromatic rings. The van der Waals surface area contributed by atoms with Gasteiger partial charge in [0.05, 0.1) is 12.1 Å². The summed E-state index contributed by atoms with van der Waals surface area (Å²) < 4.78 is 39.7. The first-order valence-corrected chi connectivity index (χ1v) is 8.70. The maximum absolute atomic E-state index is 12.9. The number of anilines is 1. The Labute approximate surface area is 154 Å². The van der Waals surface area contributed by atoms with Crippen LogP contribution in [0.3, 0.4) is 0 Å². The number of aromatic amines is 1. The van der Waals surface area contributed by atoms with Crippen molar-refractivity contribution in [2.24, 2.45) is 0 Å². The van der Waals surface area contributed by atoms with Crippen molar-refractivity contribution in [3.05, 3.63) is 59.5 Å². The van der Waals surface area contributed by atoms with Crippen LogP contribution in [0.1, 0.15) is 11.3 Å². The molecule has 0 unspecified atom stereocenters. The lowest BCUT2D eigenvalue weighted by Gasteiger charge is -2.04. The first-order valence-electron chi connectivity index (χ1n) is 7.82. The number of benzene rings is 1. The standard InChI is InChI=1S/C17H12F3N5OS/c18-17(19,20)13-8-27-16-15(21-9-25(13)16)23-14(26)7-10-1-3-11(4-2-10)12-5-6-22-24-12/h1-6,8-9H,7H2,(H,22,24)(H,23,26). The second-order valence-corrected chi connectivity index (χ2v) is 6.64. The van der Waals surface area contributed by atoms with Crippen molar-refractivity contribution in [2.45, 2.75) is 12.6 Å². The van der Waals surface area contributed by atoms with Gasteiger partial charge in [0.1, 0.15) is 16.9 Å². The zero-order chi connectivity index (χ0) is 19.0. The van der Waals surface area contributed by atoms with Crippen LogP contribution in [0.15, 0.2) is 48.2 Å². The quantitative estimate of drug-likeness (QED) is 0.552. The highest BCUT2D eigenvalue weighted by molar-refractivity contribution is 7.16. The van der Waals surface area contributed by atoms with E-state index in [1.165, 1.54) is 0 Å². The van der Waals surface area contributed by atoms with Crippen LogP contribution in [0.25, 0.3) is 16.1 Å². The third-order valence-corrected chi connectivity index (χ3v) is 4.90. The minimum absolute atomic E-state index is 0.0831. The minimum atomic E-state index is -4.48. The van der Waals surface area contributed by atoms with Crippen molar-refractivity contribution < 1.29 is 18.0 Å². The van der Waals surface area contributed by atoms with Gasteiger partial charge in [-0.1, -0.05) is 24.3 Å². The number of hydrogen-bond acceptors (Lipinski definition) is 4. The highest BCUT2D eigenvalue weighted by atomic mass is 32.1. The van der Waals surface area contributed by atoms with E-state index in [-0.39, 0.29) is 23.0 Å². The van der Waals surface area contributed by atoms with Gasteiger partial charge in [0.2, 0.25) is 5.91 Å². The molecule has 3 aromatic heterocycles. The Morgan fingerprint density at radius 2 is 2.00 bits per heavy atom. The molecule has 4 rings (SSSR count). The van der Waals surface area contributed by atoms with E-state index in [1.54, 1.807) is 6.20 Å². The molecule has 0 radical (unpaired) electrons. The molecule has 27 heavy (non-hydrogen) atoms. The molecule has 0 bridgehead atoms. The molecule has 1 amide bonds. The number of H-pyrrole nitrogens is 1. The average molecular weight is 391 g/mol. The topological polar surface area (TPSA) is 75.1 Å². The van der Waals surface area contributed by atoms with Crippen LogP contribution in [-0.4, -0.2) is 25.5 Å². The SMILES string of the molecule is O=C(Cc1ccc(-c2ccn[nH]2)cc1)Nc1ncn2c(C(F)(F)F)csc12. The summed E-state index contributed by atoms with van der Waals surface area (Å²) in [5.74, 6) is -0.235. The number of halogens is 3. The first kappa shape index (κ1) is 17.3. The summed E-state index contributed by atoms with van der Waals surface area (Å²) in [5, 5.41) is 10.3. The largest absolute Gasteiger partial charge is 0.432 e. The van der Waals surface area contributed by atoms with E-state index in [0.717, 1.165) is 44.3 Å². The number of hydrogen-bond donors (Lipinski definition) is 2. The summed E-state index contributed by atoms with van der Waals surface area (Å²) in [5.41, 5.74) is 1.76. The summed E-state index contributed by atoms with van der Waals surface area (Å²) in [6.45, 7) is 0. The number of fused-ring (bicyclic) bond motifs is 1. The lowest BCUT2D eigenvalue weighted by atomic mass is 10.1. The van der Waals surface area contributed by atoms with Crippen LogP contribution < -0.4 is 5.32 Å². The number of carbonyl (C=O) groups excluding carboxylic acids is 1. The van der Waals surface area contributed by atoms with Gasteiger partial charge in [-0.25, -0.2) is 4.98 Å². The molecule has 6 nitrogen and oxygen atoms in total. The Hall–Kier alpha value is -3.14. The molecule has 3 heterocycles. The maximum Gasteiger partial charge on any atom is 0.432 e. The molecular weight excluding hydrogens is 379 g/mol. The Balaban J connectivity index is 1.47. The molecule has 10 heteroatoms. The molecule has 138 valence electrons. The second kappa shape index (κ2) is 6.54. The predicted octanol–water partition coefficient (Wildman–Crippen LogP) is 3.99. The number of aromatic nitrogens is 4. The van der Waals surface area contributed by atoms with E-state index in [4.69, 9.17) is 0 Å². The van der Waals surface area contributed by atoms with Gasteiger partial charge < -0.3 is 5.32 Å². The Morgan fingerprint density at radius 3 is 2.67 bits per heavy atom. The van der Waals surface area contributed by atoms with Crippen LogP contribution in [0, 0.1) is 0 Å². The van der Waals surface area contributed by atoms with E-state index in [0.29, 0.717) is 0 Å². The number of nitrogens with zero attached hydrogens (tertiary/aromatic N) is 3. The van der Waals surface area contributed by atoms with Gasteiger partial charge in [-0.15, -0.1) is 11.3 Å². The normalized spacial score (nSPS) is 11.8. The molecule has 2 N–H and O–H groups in total. The minimum Gasteiger partial charge on any atom is -0.308 e. The lowest BCUT2D eigenvalue weighted by Crippen LogP contribution is -2.14. The lowest BCUT2D eigenvalue weighted by molar-refractivity contribution is -0.141. The second-order valence-electron chi connectivity index (χ2n) is 5.78. The van der Waals surface area contributed by atoms with E-state index >= 15 is 0 Å². The molecule has 0 aliphatic heterocycles. The molecule has 0 aliphatic rings. The Kier molecular flexibility index (Phi) is 4.19. The zero-order valence-electron chi connectivity index (χ0n) is 13.6. The first-order chi connectivity index (χ1) is 12.9. The van der Waals surface area contributed by atoms with Gasteiger partial charge in [0, 0.05) is 11.6 Å². The summed E-state index contributed by atoms with van der Waals surface area (Å²) >= 11 is 0.879.